The molecule has 0 radical (unpaired) electrons. The van der Waals surface area contributed by atoms with Crippen LogP contribution in [0, 0.1) is 0 Å². The van der Waals surface area contributed by atoms with Gasteiger partial charge in [0.2, 0.25) is 0 Å². The summed E-state index contributed by atoms with van der Waals surface area (Å²) < 4.78 is 0. The maximum absolute atomic E-state index is 11.8. The normalized spacial score (nSPS) is 25.1. The number of nitrogens with one attached hydrogen (secondary N) is 2. The van der Waals surface area contributed by atoms with Gasteiger partial charge in [-0.05, 0) is 28.8 Å². The second-order valence-corrected chi connectivity index (χ2v) is 4.36. The molecule has 0 spiro atoms. The second-order valence-electron chi connectivity index (χ2n) is 3.58. The molecule has 2 heterocycles. The molecule has 1 atom stereocenters. The first kappa shape index (κ1) is 10.2. The third-order valence-corrected chi connectivity index (χ3v) is 3.26. The summed E-state index contributed by atoms with van der Waals surface area (Å²) in [6.07, 6.45) is 1.46. The van der Waals surface area contributed by atoms with E-state index < -0.39 is 11.6 Å². The SMILES string of the molecule is CCC[C@@]1(c2ccsc2)NC(=O)NC1=O. The summed E-state index contributed by atoms with van der Waals surface area (Å²) in [6, 6.07) is 1.48. The fraction of sp³-hybridized carbons (Fsp3) is 0.400. The Balaban J connectivity index is 2.41. The molecular weight excluding hydrogens is 212 g/mol. The summed E-state index contributed by atoms with van der Waals surface area (Å²) in [6.45, 7) is 1.99. The standard InChI is InChI=1S/C10H12N2O2S/c1-2-4-10(7-3-5-15-6-7)8(13)11-9(14)12-10/h3,5-6H,2,4H2,1H3,(H2,11,12,13,14)/t10-/m0/s1. The molecule has 1 aliphatic heterocycles. The first-order chi connectivity index (χ1) is 7.19. The van der Waals surface area contributed by atoms with Crippen molar-refractivity contribution in [2.24, 2.45) is 0 Å². The maximum Gasteiger partial charge on any atom is 0.322 e. The van der Waals surface area contributed by atoms with E-state index in [4.69, 9.17) is 0 Å². The molecule has 0 aliphatic carbocycles. The number of hydrogen-bond donors (Lipinski definition) is 2. The van der Waals surface area contributed by atoms with Crippen LogP contribution in [0.4, 0.5) is 4.79 Å². The Morgan fingerprint density at radius 2 is 2.27 bits per heavy atom. The molecule has 1 saturated heterocycles. The minimum absolute atomic E-state index is 0.243. The molecule has 1 fully saturated rings. The van der Waals surface area contributed by atoms with Crippen molar-refractivity contribution in [1.82, 2.24) is 10.6 Å². The van der Waals surface area contributed by atoms with Gasteiger partial charge in [-0.15, -0.1) is 0 Å². The van der Waals surface area contributed by atoms with Crippen LogP contribution < -0.4 is 10.6 Å². The van der Waals surface area contributed by atoms with Crippen molar-refractivity contribution in [3.63, 3.8) is 0 Å². The van der Waals surface area contributed by atoms with Crippen LogP contribution in [0.15, 0.2) is 16.8 Å². The molecule has 5 heteroatoms. The van der Waals surface area contributed by atoms with E-state index in [1.54, 1.807) is 0 Å². The molecule has 0 bridgehead atoms. The molecule has 1 aromatic rings. The lowest BCUT2D eigenvalue weighted by molar-refractivity contribution is -0.124. The highest BCUT2D eigenvalue weighted by atomic mass is 32.1. The highest BCUT2D eigenvalue weighted by molar-refractivity contribution is 7.08. The van der Waals surface area contributed by atoms with Gasteiger partial charge in [0.05, 0.1) is 0 Å². The summed E-state index contributed by atoms with van der Waals surface area (Å²) in [5.41, 5.74) is 0.0314. The number of amides is 3. The van der Waals surface area contributed by atoms with Crippen LogP contribution >= 0.6 is 11.3 Å². The topological polar surface area (TPSA) is 58.2 Å². The predicted molar refractivity (Wildman–Crippen MR) is 57.6 cm³/mol. The number of imide groups is 1. The molecule has 2 rings (SSSR count). The zero-order valence-electron chi connectivity index (χ0n) is 8.37. The average molecular weight is 224 g/mol. The van der Waals surface area contributed by atoms with Crippen LogP contribution in [0.25, 0.3) is 0 Å². The third-order valence-electron chi connectivity index (χ3n) is 2.58. The van der Waals surface area contributed by atoms with Gasteiger partial charge in [-0.25, -0.2) is 4.79 Å². The van der Waals surface area contributed by atoms with Crippen molar-refractivity contribution < 1.29 is 9.59 Å². The maximum atomic E-state index is 11.8. The van der Waals surface area contributed by atoms with Crippen molar-refractivity contribution in [3.05, 3.63) is 22.4 Å². The Labute approximate surface area is 91.7 Å². The van der Waals surface area contributed by atoms with Crippen molar-refractivity contribution in [3.8, 4) is 0 Å². The molecule has 2 N–H and O–H groups in total. The van der Waals surface area contributed by atoms with Crippen LogP contribution in [-0.4, -0.2) is 11.9 Å². The molecule has 80 valence electrons. The zero-order valence-corrected chi connectivity index (χ0v) is 9.19. The Hall–Kier alpha value is -1.36. The number of thiophene rings is 1. The molecule has 15 heavy (non-hydrogen) atoms. The summed E-state index contributed by atoms with van der Waals surface area (Å²) in [5.74, 6) is -0.243. The van der Waals surface area contributed by atoms with E-state index in [0.717, 1.165) is 12.0 Å². The van der Waals surface area contributed by atoms with Gasteiger partial charge in [0.15, 0.2) is 0 Å². The molecular formula is C10H12N2O2S. The van der Waals surface area contributed by atoms with Gasteiger partial charge in [0, 0.05) is 0 Å². The number of carbonyl (C=O) groups excluding carboxylic acids is 2. The van der Waals surface area contributed by atoms with E-state index in [1.807, 2.05) is 23.8 Å². The smallest absolute Gasteiger partial charge is 0.319 e. The van der Waals surface area contributed by atoms with Crippen molar-refractivity contribution >= 4 is 23.3 Å². The zero-order chi connectivity index (χ0) is 10.9. The van der Waals surface area contributed by atoms with Crippen LogP contribution in [0.3, 0.4) is 0 Å². The second kappa shape index (κ2) is 3.66. The van der Waals surface area contributed by atoms with Crippen LogP contribution in [-0.2, 0) is 10.3 Å². The van der Waals surface area contributed by atoms with Crippen LogP contribution in [0.5, 0.6) is 0 Å². The minimum atomic E-state index is -0.841. The van der Waals surface area contributed by atoms with E-state index in [1.165, 1.54) is 11.3 Å². The van der Waals surface area contributed by atoms with Gasteiger partial charge in [0.1, 0.15) is 5.54 Å². The number of urea groups is 1. The van der Waals surface area contributed by atoms with E-state index in [-0.39, 0.29) is 5.91 Å². The van der Waals surface area contributed by atoms with E-state index >= 15 is 0 Å². The molecule has 3 amide bonds. The Morgan fingerprint density at radius 3 is 2.73 bits per heavy atom. The lowest BCUT2D eigenvalue weighted by Crippen LogP contribution is -2.43. The fourth-order valence-electron chi connectivity index (χ4n) is 1.90. The third kappa shape index (κ3) is 1.52. The number of hydrogen-bond acceptors (Lipinski definition) is 3. The summed E-state index contributed by atoms with van der Waals surface area (Å²) in [7, 11) is 0. The minimum Gasteiger partial charge on any atom is -0.319 e. The van der Waals surface area contributed by atoms with Crippen molar-refractivity contribution in [1.29, 1.82) is 0 Å². The summed E-state index contributed by atoms with van der Waals surface area (Å²) in [5, 5.41) is 8.83. The average Bonchev–Trinajstić information content (AvgIpc) is 2.76. The van der Waals surface area contributed by atoms with Gasteiger partial charge in [0.25, 0.3) is 5.91 Å². The van der Waals surface area contributed by atoms with Crippen LogP contribution in [0.2, 0.25) is 0 Å². The predicted octanol–water partition coefficient (Wildman–Crippen LogP) is 1.58. The van der Waals surface area contributed by atoms with Gasteiger partial charge in [-0.2, -0.15) is 11.3 Å². The molecule has 4 nitrogen and oxygen atoms in total. The fourth-order valence-corrected chi connectivity index (χ4v) is 2.63. The number of rotatable bonds is 3. The summed E-state index contributed by atoms with van der Waals surface area (Å²) >= 11 is 1.52. The lowest BCUT2D eigenvalue weighted by atomic mass is 9.88. The highest BCUT2D eigenvalue weighted by Crippen LogP contribution is 2.31. The highest BCUT2D eigenvalue weighted by Gasteiger charge is 2.46. The summed E-state index contributed by atoms with van der Waals surface area (Å²) in [4.78, 5) is 23.0. The van der Waals surface area contributed by atoms with Gasteiger partial charge < -0.3 is 5.32 Å². The molecule has 1 aliphatic rings. The Bertz CT molecular complexity index is 388. The van der Waals surface area contributed by atoms with Crippen molar-refractivity contribution in [2.45, 2.75) is 25.3 Å². The van der Waals surface area contributed by atoms with E-state index in [9.17, 15) is 9.59 Å². The van der Waals surface area contributed by atoms with Gasteiger partial charge in [-0.1, -0.05) is 13.3 Å². The molecule has 0 unspecified atom stereocenters. The van der Waals surface area contributed by atoms with Crippen molar-refractivity contribution in [2.75, 3.05) is 0 Å². The molecule has 0 saturated carbocycles. The lowest BCUT2D eigenvalue weighted by Gasteiger charge is -2.24. The monoisotopic (exact) mass is 224 g/mol. The Kier molecular flexibility index (Phi) is 2.48. The van der Waals surface area contributed by atoms with Crippen LogP contribution in [0.1, 0.15) is 25.3 Å². The quantitative estimate of drug-likeness (QED) is 0.766. The van der Waals surface area contributed by atoms with Gasteiger partial charge in [-0.3, -0.25) is 10.1 Å². The Morgan fingerprint density at radius 1 is 1.47 bits per heavy atom. The largest absolute Gasteiger partial charge is 0.322 e. The first-order valence-corrected chi connectivity index (χ1v) is 5.79. The van der Waals surface area contributed by atoms with E-state index in [0.29, 0.717) is 6.42 Å². The number of carbonyl (C=O) groups is 2. The van der Waals surface area contributed by atoms with E-state index in [2.05, 4.69) is 10.6 Å². The first-order valence-electron chi connectivity index (χ1n) is 4.85. The molecule has 0 aromatic carbocycles. The molecule has 1 aromatic heterocycles. The van der Waals surface area contributed by atoms with Gasteiger partial charge >= 0.3 is 6.03 Å².